The van der Waals surface area contributed by atoms with Crippen LogP contribution in [0.15, 0.2) is 28.9 Å². The maximum Gasteiger partial charge on any atom is 0.226 e. The fraction of sp³-hybridized carbons (Fsp3) is 0.308. The number of hydrogen-bond acceptors (Lipinski definition) is 5. The van der Waals surface area contributed by atoms with Crippen LogP contribution in [0.2, 0.25) is 0 Å². The zero-order valence-electron chi connectivity index (χ0n) is 9.89. The summed E-state index contributed by atoms with van der Waals surface area (Å²) in [5, 5.41) is 0. The number of aromatic nitrogens is 1. The highest BCUT2D eigenvalue weighted by Gasteiger charge is 2.14. The van der Waals surface area contributed by atoms with Gasteiger partial charge in [0, 0.05) is 12.0 Å². The third-order valence-electron chi connectivity index (χ3n) is 2.74. The van der Waals surface area contributed by atoms with Gasteiger partial charge in [0.1, 0.15) is 19.5 Å². The predicted octanol–water partition coefficient (Wildman–Crippen LogP) is 1.61. The van der Waals surface area contributed by atoms with Gasteiger partial charge in [-0.3, -0.25) is 0 Å². The highest BCUT2D eigenvalue weighted by atomic mass is 16.6. The molecule has 0 spiro atoms. The van der Waals surface area contributed by atoms with Crippen LogP contribution in [0.5, 0.6) is 11.5 Å². The van der Waals surface area contributed by atoms with E-state index in [-0.39, 0.29) is 0 Å². The minimum Gasteiger partial charge on any atom is -0.486 e. The van der Waals surface area contributed by atoms with Gasteiger partial charge >= 0.3 is 0 Å². The Morgan fingerprint density at radius 2 is 2.00 bits per heavy atom. The van der Waals surface area contributed by atoms with E-state index in [2.05, 4.69) is 4.98 Å². The lowest BCUT2D eigenvalue weighted by molar-refractivity contribution is 0.171. The lowest BCUT2D eigenvalue weighted by Crippen LogP contribution is -2.15. The summed E-state index contributed by atoms with van der Waals surface area (Å²) in [6, 6.07) is 5.66. The molecule has 2 N–H and O–H groups in total. The van der Waals surface area contributed by atoms with Crippen molar-refractivity contribution in [3.63, 3.8) is 0 Å². The Kier molecular flexibility index (Phi) is 2.90. The van der Waals surface area contributed by atoms with Crippen LogP contribution in [-0.4, -0.2) is 24.7 Å². The molecule has 0 saturated heterocycles. The van der Waals surface area contributed by atoms with Crippen LogP contribution >= 0.6 is 0 Å². The molecule has 0 bridgehead atoms. The zero-order valence-corrected chi connectivity index (χ0v) is 9.89. The van der Waals surface area contributed by atoms with E-state index in [9.17, 15) is 0 Å². The van der Waals surface area contributed by atoms with Crippen molar-refractivity contribution in [2.45, 2.75) is 6.42 Å². The molecule has 2 aromatic rings. The third-order valence-corrected chi connectivity index (χ3v) is 2.74. The number of nitrogens with zero attached hydrogens (tertiary/aromatic N) is 1. The Morgan fingerprint density at radius 3 is 2.83 bits per heavy atom. The molecular weight excluding hydrogens is 232 g/mol. The number of benzene rings is 1. The largest absolute Gasteiger partial charge is 0.486 e. The molecule has 0 unspecified atom stereocenters. The van der Waals surface area contributed by atoms with Gasteiger partial charge in [0.05, 0.1) is 5.69 Å². The highest BCUT2D eigenvalue weighted by molar-refractivity contribution is 5.60. The summed E-state index contributed by atoms with van der Waals surface area (Å²) in [6.45, 7) is 1.72. The second kappa shape index (κ2) is 4.70. The van der Waals surface area contributed by atoms with Gasteiger partial charge in [-0.1, -0.05) is 0 Å². The first-order chi connectivity index (χ1) is 8.86. The molecule has 1 aromatic heterocycles. The summed E-state index contributed by atoms with van der Waals surface area (Å²) in [7, 11) is 0. The Labute approximate surface area is 105 Å². The SMILES string of the molecule is NCCc1coc(-c2ccc3c(c2)OCCO3)n1. The lowest BCUT2D eigenvalue weighted by atomic mass is 10.2. The number of hydrogen-bond donors (Lipinski definition) is 1. The van der Waals surface area contributed by atoms with Crippen LogP contribution in [0.1, 0.15) is 5.69 Å². The monoisotopic (exact) mass is 246 g/mol. The number of rotatable bonds is 3. The van der Waals surface area contributed by atoms with Crippen LogP contribution in [0, 0.1) is 0 Å². The molecular formula is C13H14N2O3. The predicted molar refractivity (Wildman–Crippen MR) is 65.7 cm³/mol. The van der Waals surface area contributed by atoms with Crippen molar-refractivity contribution in [3.05, 3.63) is 30.2 Å². The molecule has 0 amide bonds. The van der Waals surface area contributed by atoms with E-state index in [0.717, 1.165) is 22.8 Å². The molecule has 1 aliphatic rings. The normalized spacial score (nSPS) is 13.6. The second-order valence-electron chi connectivity index (χ2n) is 4.04. The van der Waals surface area contributed by atoms with Crippen molar-refractivity contribution >= 4 is 0 Å². The van der Waals surface area contributed by atoms with Crippen molar-refractivity contribution in [2.24, 2.45) is 5.73 Å². The van der Waals surface area contributed by atoms with E-state index in [4.69, 9.17) is 19.6 Å². The van der Waals surface area contributed by atoms with E-state index in [1.807, 2.05) is 18.2 Å². The molecule has 0 atom stereocenters. The van der Waals surface area contributed by atoms with Gasteiger partial charge in [0.15, 0.2) is 11.5 Å². The fourth-order valence-electron chi connectivity index (χ4n) is 1.88. The van der Waals surface area contributed by atoms with Gasteiger partial charge in [0.25, 0.3) is 0 Å². The van der Waals surface area contributed by atoms with Crippen LogP contribution in [-0.2, 0) is 6.42 Å². The average molecular weight is 246 g/mol. The van der Waals surface area contributed by atoms with Gasteiger partial charge in [-0.05, 0) is 24.7 Å². The van der Waals surface area contributed by atoms with E-state index in [1.165, 1.54) is 0 Å². The first-order valence-corrected chi connectivity index (χ1v) is 5.91. The number of nitrogens with two attached hydrogens (primary N) is 1. The van der Waals surface area contributed by atoms with Crippen molar-refractivity contribution in [1.29, 1.82) is 0 Å². The highest BCUT2D eigenvalue weighted by Crippen LogP contribution is 2.34. The van der Waals surface area contributed by atoms with E-state index in [0.29, 0.717) is 32.1 Å². The van der Waals surface area contributed by atoms with E-state index < -0.39 is 0 Å². The van der Waals surface area contributed by atoms with E-state index >= 15 is 0 Å². The number of oxazole rings is 1. The van der Waals surface area contributed by atoms with Crippen LogP contribution in [0.3, 0.4) is 0 Å². The summed E-state index contributed by atoms with van der Waals surface area (Å²) in [5.74, 6) is 2.08. The summed E-state index contributed by atoms with van der Waals surface area (Å²) in [6.07, 6.45) is 2.35. The minimum absolute atomic E-state index is 0.563. The van der Waals surface area contributed by atoms with Gasteiger partial charge in [-0.25, -0.2) is 4.98 Å². The Hall–Kier alpha value is -2.01. The summed E-state index contributed by atoms with van der Waals surface area (Å²) in [5.41, 5.74) is 7.22. The van der Waals surface area contributed by atoms with Crippen LogP contribution in [0.4, 0.5) is 0 Å². The van der Waals surface area contributed by atoms with Crippen molar-refractivity contribution < 1.29 is 13.9 Å². The number of fused-ring (bicyclic) bond motifs is 1. The maximum atomic E-state index is 5.53. The zero-order chi connectivity index (χ0) is 12.4. The quantitative estimate of drug-likeness (QED) is 0.891. The molecule has 18 heavy (non-hydrogen) atoms. The standard InChI is InChI=1S/C13H14N2O3/c14-4-3-10-8-18-13(15-10)9-1-2-11-12(7-9)17-6-5-16-11/h1-2,7-8H,3-6,14H2. The van der Waals surface area contributed by atoms with Crippen LogP contribution < -0.4 is 15.2 Å². The van der Waals surface area contributed by atoms with Gasteiger partial charge in [-0.15, -0.1) is 0 Å². The molecule has 0 aliphatic carbocycles. The molecule has 5 nitrogen and oxygen atoms in total. The molecule has 3 rings (SSSR count). The first-order valence-electron chi connectivity index (χ1n) is 5.91. The molecule has 2 heterocycles. The average Bonchev–Trinajstić information content (AvgIpc) is 2.87. The smallest absolute Gasteiger partial charge is 0.226 e. The summed E-state index contributed by atoms with van der Waals surface area (Å²) in [4.78, 5) is 4.38. The van der Waals surface area contributed by atoms with Gasteiger partial charge in [0.2, 0.25) is 5.89 Å². The van der Waals surface area contributed by atoms with Crippen LogP contribution in [0.25, 0.3) is 11.5 Å². The van der Waals surface area contributed by atoms with Crippen molar-refractivity contribution in [2.75, 3.05) is 19.8 Å². The molecule has 5 heteroatoms. The number of ether oxygens (including phenoxy) is 2. The van der Waals surface area contributed by atoms with Crippen molar-refractivity contribution in [1.82, 2.24) is 4.98 Å². The Morgan fingerprint density at radius 1 is 1.17 bits per heavy atom. The maximum absolute atomic E-state index is 5.53. The Balaban J connectivity index is 1.91. The third kappa shape index (κ3) is 2.04. The molecule has 0 saturated carbocycles. The minimum atomic E-state index is 0.563. The molecule has 0 fully saturated rings. The van der Waals surface area contributed by atoms with Gasteiger partial charge in [-0.2, -0.15) is 0 Å². The molecule has 1 aromatic carbocycles. The summed E-state index contributed by atoms with van der Waals surface area (Å²) < 4.78 is 16.4. The molecule has 1 aliphatic heterocycles. The lowest BCUT2D eigenvalue weighted by Gasteiger charge is -2.18. The summed E-state index contributed by atoms with van der Waals surface area (Å²) >= 11 is 0. The Bertz CT molecular complexity index is 551. The molecule has 94 valence electrons. The van der Waals surface area contributed by atoms with E-state index in [1.54, 1.807) is 6.26 Å². The molecule has 0 radical (unpaired) electrons. The second-order valence-corrected chi connectivity index (χ2v) is 4.04. The van der Waals surface area contributed by atoms with Gasteiger partial charge < -0.3 is 19.6 Å². The topological polar surface area (TPSA) is 70.5 Å². The fourth-order valence-corrected chi connectivity index (χ4v) is 1.88. The first kappa shape index (κ1) is 11.1. The van der Waals surface area contributed by atoms with Crippen molar-refractivity contribution in [3.8, 4) is 23.0 Å².